The van der Waals surface area contributed by atoms with Gasteiger partial charge in [-0.2, -0.15) is 18.2 Å². The van der Waals surface area contributed by atoms with Gasteiger partial charge in [-0.3, -0.25) is 0 Å². The lowest BCUT2D eigenvalue weighted by Crippen LogP contribution is -2.19. The summed E-state index contributed by atoms with van der Waals surface area (Å²) >= 11 is 0. The molecule has 1 rings (SSSR count). The lowest BCUT2D eigenvalue weighted by Gasteiger charge is -2.05. The quantitative estimate of drug-likeness (QED) is 0.743. The summed E-state index contributed by atoms with van der Waals surface area (Å²) in [7, 11) is 0. The predicted octanol–water partition coefficient (Wildman–Crippen LogP) is 3.14. The lowest BCUT2D eigenvalue weighted by molar-refractivity contribution is -0.136. The summed E-state index contributed by atoms with van der Waals surface area (Å²) in [5, 5.41) is 3.17. The molecule has 19 heavy (non-hydrogen) atoms. The van der Waals surface area contributed by atoms with Gasteiger partial charge >= 0.3 is 12.3 Å². The van der Waals surface area contributed by atoms with Crippen LogP contribution in [0.25, 0.3) is 0 Å². The van der Waals surface area contributed by atoms with Gasteiger partial charge in [0.1, 0.15) is 6.26 Å². The lowest BCUT2D eigenvalue weighted by atomic mass is 10.2. The molecule has 0 aliphatic heterocycles. The van der Waals surface area contributed by atoms with Gasteiger partial charge in [0.2, 0.25) is 0 Å². The Bertz CT molecular complexity index is 364. The van der Waals surface area contributed by atoms with Crippen LogP contribution in [0, 0.1) is 5.92 Å². The smallest absolute Gasteiger partial charge is 0.393 e. The third-order valence-corrected chi connectivity index (χ3v) is 2.22. The Balaban J connectivity index is 2.19. The second-order valence-corrected chi connectivity index (χ2v) is 4.70. The molecule has 0 radical (unpaired) electrons. The Kier molecular flexibility index (Phi) is 6.14. The summed E-state index contributed by atoms with van der Waals surface area (Å²) in [6, 6.07) is 0. The number of hydrogen-bond donors (Lipinski definition) is 1. The van der Waals surface area contributed by atoms with Crippen LogP contribution in [0.1, 0.15) is 32.4 Å². The summed E-state index contributed by atoms with van der Waals surface area (Å²) < 4.78 is 45.7. The normalized spacial score (nSPS) is 12.1. The fourth-order valence-corrected chi connectivity index (χ4v) is 1.36. The van der Waals surface area contributed by atoms with Gasteiger partial charge in [0.25, 0.3) is 0 Å². The summed E-state index contributed by atoms with van der Waals surface area (Å²) in [4.78, 5) is 4.01. The molecule has 0 aromatic carbocycles. The molecule has 1 heterocycles. The summed E-state index contributed by atoms with van der Waals surface area (Å²) in [6.07, 6.45) is -3.66. The number of nitrogens with zero attached hydrogens (tertiary/aromatic N) is 1. The van der Waals surface area contributed by atoms with E-state index in [0.29, 0.717) is 18.2 Å². The molecule has 0 bridgehead atoms. The van der Waals surface area contributed by atoms with Crippen molar-refractivity contribution in [3.8, 4) is 6.08 Å². The van der Waals surface area contributed by atoms with E-state index in [-0.39, 0.29) is 19.1 Å². The Morgan fingerprint density at radius 1 is 1.42 bits per heavy atom. The maximum absolute atomic E-state index is 11.9. The monoisotopic (exact) mass is 280 g/mol. The molecule has 1 aromatic rings. The zero-order valence-electron chi connectivity index (χ0n) is 11.1. The third-order valence-electron chi connectivity index (χ3n) is 2.22. The van der Waals surface area contributed by atoms with E-state index in [1.165, 1.54) is 6.26 Å². The molecule has 0 spiro atoms. The van der Waals surface area contributed by atoms with Crippen molar-refractivity contribution >= 4 is 0 Å². The van der Waals surface area contributed by atoms with Gasteiger partial charge in [-0.25, -0.2) is 0 Å². The van der Waals surface area contributed by atoms with Crippen LogP contribution >= 0.6 is 0 Å². The molecule has 0 aliphatic carbocycles. The molecule has 110 valence electrons. The number of hydrogen-bond acceptors (Lipinski definition) is 4. The Labute approximate surface area is 110 Å². The minimum atomic E-state index is -4.15. The average molecular weight is 280 g/mol. The molecule has 0 saturated carbocycles. The summed E-state index contributed by atoms with van der Waals surface area (Å²) in [6.45, 7) is 5.52. The first-order chi connectivity index (χ1) is 8.87. The molecule has 0 saturated heterocycles. The zero-order chi connectivity index (χ0) is 14.3. The molecule has 0 atom stereocenters. The molecule has 1 aromatic heterocycles. The molecule has 0 amide bonds. The molecule has 0 unspecified atom stereocenters. The molecular formula is C12H19F3N2O2. The minimum Gasteiger partial charge on any atom is -0.450 e. The van der Waals surface area contributed by atoms with Crippen LogP contribution < -0.4 is 10.1 Å². The Hall–Kier alpha value is -1.24. The van der Waals surface area contributed by atoms with Gasteiger partial charge in [0.15, 0.2) is 0 Å². The van der Waals surface area contributed by atoms with Crippen LogP contribution in [-0.4, -0.2) is 24.3 Å². The SMILES string of the molecule is CC(C)CNCc1coc(OCCCC(F)(F)F)n1. The second-order valence-electron chi connectivity index (χ2n) is 4.70. The minimum absolute atomic E-state index is 0.0171. The molecule has 0 aliphatic rings. The molecule has 4 nitrogen and oxygen atoms in total. The number of rotatable bonds is 8. The first-order valence-corrected chi connectivity index (χ1v) is 6.21. The van der Waals surface area contributed by atoms with Crippen molar-refractivity contribution in [2.45, 2.75) is 39.4 Å². The van der Waals surface area contributed by atoms with Crippen molar-refractivity contribution < 1.29 is 22.3 Å². The van der Waals surface area contributed by atoms with Crippen LogP contribution in [0.4, 0.5) is 13.2 Å². The maximum atomic E-state index is 11.9. The largest absolute Gasteiger partial charge is 0.450 e. The van der Waals surface area contributed by atoms with Crippen molar-refractivity contribution in [2.75, 3.05) is 13.2 Å². The van der Waals surface area contributed by atoms with E-state index in [4.69, 9.17) is 9.15 Å². The first-order valence-electron chi connectivity index (χ1n) is 6.21. The van der Waals surface area contributed by atoms with Gasteiger partial charge < -0.3 is 14.5 Å². The highest BCUT2D eigenvalue weighted by atomic mass is 19.4. The number of aromatic nitrogens is 1. The van der Waals surface area contributed by atoms with E-state index >= 15 is 0 Å². The van der Waals surface area contributed by atoms with Gasteiger partial charge in [0, 0.05) is 13.0 Å². The second kappa shape index (κ2) is 7.37. The van der Waals surface area contributed by atoms with E-state index < -0.39 is 12.6 Å². The van der Waals surface area contributed by atoms with Crippen LogP contribution in [0.5, 0.6) is 6.08 Å². The van der Waals surface area contributed by atoms with Gasteiger partial charge in [-0.15, -0.1) is 0 Å². The van der Waals surface area contributed by atoms with Crippen molar-refractivity contribution in [3.63, 3.8) is 0 Å². The Morgan fingerprint density at radius 2 is 2.16 bits per heavy atom. The van der Waals surface area contributed by atoms with E-state index in [1.807, 2.05) is 0 Å². The third kappa shape index (κ3) is 7.71. The maximum Gasteiger partial charge on any atom is 0.393 e. The van der Waals surface area contributed by atoms with Gasteiger partial charge in [0.05, 0.1) is 12.3 Å². The first kappa shape index (κ1) is 15.8. The fraction of sp³-hybridized carbons (Fsp3) is 0.750. The standard InChI is InChI=1S/C12H19F3N2O2/c1-9(2)6-16-7-10-8-19-11(17-10)18-5-3-4-12(13,14)15/h8-9,16H,3-7H2,1-2H3. The molecule has 7 heteroatoms. The number of oxazole rings is 1. The summed E-state index contributed by atoms with van der Waals surface area (Å²) in [5.41, 5.74) is 0.673. The van der Waals surface area contributed by atoms with Crippen molar-refractivity contribution in [1.29, 1.82) is 0 Å². The molecule has 0 fully saturated rings. The fourth-order valence-electron chi connectivity index (χ4n) is 1.36. The van der Waals surface area contributed by atoms with Crippen molar-refractivity contribution in [1.82, 2.24) is 10.3 Å². The summed E-state index contributed by atoms with van der Waals surface area (Å²) in [5.74, 6) is 0.532. The van der Waals surface area contributed by atoms with Crippen molar-refractivity contribution in [2.24, 2.45) is 5.92 Å². The molecular weight excluding hydrogens is 261 g/mol. The topological polar surface area (TPSA) is 47.3 Å². The van der Waals surface area contributed by atoms with E-state index in [0.717, 1.165) is 6.54 Å². The predicted molar refractivity (Wildman–Crippen MR) is 63.8 cm³/mol. The van der Waals surface area contributed by atoms with E-state index in [9.17, 15) is 13.2 Å². The van der Waals surface area contributed by atoms with Crippen molar-refractivity contribution in [3.05, 3.63) is 12.0 Å². The van der Waals surface area contributed by atoms with E-state index in [2.05, 4.69) is 24.1 Å². The zero-order valence-corrected chi connectivity index (χ0v) is 11.1. The highest BCUT2D eigenvalue weighted by Crippen LogP contribution is 2.21. The van der Waals surface area contributed by atoms with Crippen LogP contribution in [-0.2, 0) is 6.54 Å². The number of alkyl halides is 3. The van der Waals surface area contributed by atoms with Gasteiger partial charge in [-0.05, 0) is 18.9 Å². The van der Waals surface area contributed by atoms with Crippen LogP contribution in [0.15, 0.2) is 10.7 Å². The van der Waals surface area contributed by atoms with Gasteiger partial charge in [-0.1, -0.05) is 13.8 Å². The highest BCUT2D eigenvalue weighted by molar-refractivity contribution is 4.99. The van der Waals surface area contributed by atoms with Crippen LogP contribution in [0.2, 0.25) is 0 Å². The average Bonchev–Trinajstić information content (AvgIpc) is 2.71. The number of halogens is 3. The van der Waals surface area contributed by atoms with Crippen LogP contribution in [0.3, 0.4) is 0 Å². The molecule has 1 N–H and O–H groups in total. The number of ether oxygens (including phenoxy) is 1. The number of nitrogens with one attached hydrogen (secondary N) is 1. The highest BCUT2D eigenvalue weighted by Gasteiger charge is 2.26. The van der Waals surface area contributed by atoms with E-state index in [1.54, 1.807) is 0 Å². The Morgan fingerprint density at radius 3 is 2.79 bits per heavy atom.